The van der Waals surface area contributed by atoms with Gasteiger partial charge >= 0.3 is 0 Å². The van der Waals surface area contributed by atoms with Crippen LogP contribution in [0.15, 0.2) is 0 Å². The Kier molecular flexibility index (Phi) is 7.23. The molecule has 0 radical (unpaired) electrons. The second kappa shape index (κ2) is 8.16. The Hall–Kier alpha value is -0.0900. The highest BCUT2D eigenvalue weighted by molar-refractivity contribution is 7.91. The molecular weight excluding hydrogens is 246 g/mol. The summed E-state index contributed by atoms with van der Waals surface area (Å²) in [5, 5.41) is 3.42. The first kappa shape index (κ1) is 16.0. The van der Waals surface area contributed by atoms with Gasteiger partial charge in [-0.15, -0.1) is 0 Å². The predicted molar refractivity (Wildman–Crippen MR) is 77.6 cm³/mol. The topological polar surface area (TPSA) is 46.2 Å². The van der Waals surface area contributed by atoms with E-state index in [4.69, 9.17) is 0 Å². The number of hydrogen-bond acceptors (Lipinski definition) is 3. The fourth-order valence-corrected chi connectivity index (χ4v) is 4.49. The van der Waals surface area contributed by atoms with Gasteiger partial charge in [-0.3, -0.25) is 0 Å². The molecule has 1 saturated carbocycles. The highest BCUT2D eigenvalue weighted by Crippen LogP contribution is 2.32. The van der Waals surface area contributed by atoms with Crippen LogP contribution < -0.4 is 5.32 Å². The molecule has 4 heteroatoms. The van der Waals surface area contributed by atoms with Crippen LogP contribution in [-0.4, -0.2) is 33.0 Å². The van der Waals surface area contributed by atoms with Crippen LogP contribution in [0.4, 0.5) is 0 Å². The fourth-order valence-electron chi connectivity index (χ4n) is 3.01. The van der Waals surface area contributed by atoms with E-state index >= 15 is 0 Å². The molecule has 2 unspecified atom stereocenters. The molecule has 1 aliphatic carbocycles. The van der Waals surface area contributed by atoms with E-state index in [-0.39, 0.29) is 0 Å². The SMILES string of the molecule is CCCS(=O)(=O)CCC1CCCCC1CNCC. The standard InChI is InChI=1S/C14H29NO2S/c1-3-10-18(16,17)11-9-13-7-5-6-8-14(13)12-15-4-2/h13-15H,3-12H2,1-2H3. The van der Waals surface area contributed by atoms with Crippen molar-refractivity contribution in [3.63, 3.8) is 0 Å². The van der Waals surface area contributed by atoms with Gasteiger partial charge in [0.15, 0.2) is 0 Å². The monoisotopic (exact) mass is 275 g/mol. The number of sulfone groups is 1. The number of nitrogens with one attached hydrogen (secondary N) is 1. The Bertz CT molecular complexity index is 314. The summed E-state index contributed by atoms with van der Waals surface area (Å²) < 4.78 is 23.6. The summed E-state index contributed by atoms with van der Waals surface area (Å²) >= 11 is 0. The zero-order chi connectivity index (χ0) is 13.4. The van der Waals surface area contributed by atoms with Crippen molar-refractivity contribution >= 4 is 9.84 Å². The van der Waals surface area contributed by atoms with Gasteiger partial charge in [-0.1, -0.05) is 33.1 Å². The zero-order valence-electron chi connectivity index (χ0n) is 12.0. The minimum Gasteiger partial charge on any atom is -0.317 e. The molecule has 0 aromatic heterocycles. The van der Waals surface area contributed by atoms with Crippen molar-refractivity contribution in [2.45, 2.75) is 52.4 Å². The minimum atomic E-state index is -2.80. The first-order valence-corrected chi connectivity index (χ1v) is 9.32. The van der Waals surface area contributed by atoms with Crippen molar-refractivity contribution in [2.24, 2.45) is 11.8 Å². The molecule has 18 heavy (non-hydrogen) atoms. The van der Waals surface area contributed by atoms with Gasteiger partial charge in [0, 0.05) is 5.75 Å². The second-order valence-electron chi connectivity index (χ2n) is 5.55. The average molecular weight is 275 g/mol. The Morgan fingerprint density at radius 1 is 1.06 bits per heavy atom. The van der Waals surface area contributed by atoms with Gasteiger partial charge in [-0.2, -0.15) is 0 Å². The Labute approximate surface area is 113 Å². The lowest BCUT2D eigenvalue weighted by Gasteiger charge is -2.31. The third kappa shape index (κ3) is 5.70. The van der Waals surface area contributed by atoms with Crippen LogP contribution in [-0.2, 0) is 9.84 Å². The highest BCUT2D eigenvalue weighted by atomic mass is 32.2. The molecule has 1 fully saturated rings. The third-order valence-corrected chi connectivity index (χ3v) is 5.93. The summed E-state index contributed by atoms with van der Waals surface area (Å²) in [5.41, 5.74) is 0. The third-order valence-electron chi connectivity index (χ3n) is 4.04. The summed E-state index contributed by atoms with van der Waals surface area (Å²) in [6.45, 7) is 6.14. The summed E-state index contributed by atoms with van der Waals surface area (Å²) in [6.07, 6.45) is 6.70. The van der Waals surface area contributed by atoms with Gasteiger partial charge < -0.3 is 5.32 Å². The summed E-state index contributed by atoms with van der Waals surface area (Å²) in [6, 6.07) is 0. The molecule has 2 atom stereocenters. The summed E-state index contributed by atoms with van der Waals surface area (Å²) in [5.74, 6) is 2.06. The molecule has 0 aromatic carbocycles. The highest BCUT2D eigenvalue weighted by Gasteiger charge is 2.25. The van der Waals surface area contributed by atoms with Gasteiger partial charge in [0.2, 0.25) is 0 Å². The van der Waals surface area contributed by atoms with Gasteiger partial charge in [-0.05, 0) is 44.2 Å². The molecule has 0 bridgehead atoms. The molecule has 108 valence electrons. The normalized spacial score (nSPS) is 25.2. The lowest BCUT2D eigenvalue weighted by Crippen LogP contribution is -2.31. The average Bonchev–Trinajstić information content (AvgIpc) is 2.35. The number of hydrogen-bond donors (Lipinski definition) is 1. The molecular formula is C14H29NO2S. The van der Waals surface area contributed by atoms with Crippen LogP contribution in [0.3, 0.4) is 0 Å². The van der Waals surface area contributed by atoms with Crippen LogP contribution in [0, 0.1) is 11.8 Å². The lowest BCUT2D eigenvalue weighted by atomic mass is 9.78. The van der Waals surface area contributed by atoms with Gasteiger partial charge in [-0.25, -0.2) is 8.42 Å². The molecule has 0 aromatic rings. The molecule has 0 aliphatic heterocycles. The van der Waals surface area contributed by atoms with Gasteiger partial charge in [0.05, 0.1) is 5.75 Å². The minimum absolute atomic E-state index is 0.359. The largest absolute Gasteiger partial charge is 0.317 e. The van der Waals surface area contributed by atoms with Crippen LogP contribution >= 0.6 is 0 Å². The van der Waals surface area contributed by atoms with E-state index in [1.807, 2.05) is 6.92 Å². The zero-order valence-corrected chi connectivity index (χ0v) is 12.8. The molecule has 1 rings (SSSR count). The van der Waals surface area contributed by atoms with E-state index in [1.165, 1.54) is 25.7 Å². The smallest absolute Gasteiger partial charge is 0.150 e. The number of rotatable bonds is 8. The predicted octanol–water partition coefficient (Wildman–Crippen LogP) is 2.62. The summed E-state index contributed by atoms with van der Waals surface area (Å²) in [7, 11) is -2.80. The molecule has 3 nitrogen and oxygen atoms in total. The van der Waals surface area contributed by atoms with E-state index in [0.717, 1.165) is 25.9 Å². The van der Waals surface area contributed by atoms with Crippen molar-refractivity contribution in [2.75, 3.05) is 24.6 Å². The van der Waals surface area contributed by atoms with Gasteiger partial charge in [0.1, 0.15) is 9.84 Å². The van der Waals surface area contributed by atoms with E-state index in [1.54, 1.807) is 0 Å². The molecule has 0 heterocycles. The fraction of sp³-hybridized carbons (Fsp3) is 1.00. The molecule has 1 aliphatic rings. The van der Waals surface area contributed by atoms with Crippen molar-refractivity contribution < 1.29 is 8.42 Å². The van der Waals surface area contributed by atoms with Crippen LogP contribution in [0.25, 0.3) is 0 Å². The molecule has 0 spiro atoms. The quantitative estimate of drug-likeness (QED) is 0.740. The van der Waals surface area contributed by atoms with Crippen molar-refractivity contribution in [1.82, 2.24) is 5.32 Å². The molecule has 0 saturated heterocycles. The Balaban J connectivity index is 2.42. The van der Waals surface area contributed by atoms with Crippen molar-refractivity contribution in [1.29, 1.82) is 0 Å². The maximum absolute atomic E-state index is 11.8. The van der Waals surface area contributed by atoms with Crippen molar-refractivity contribution in [3.05, 3.63) is 0 Å². The van der Waals surface area contributed by atoms with E-state index < -0.39 is 9.84 Å². The Morgan fingerprint density at radius 2 is 1.72 bits per heavy atom. The van der Waals surface area contributed by atoms with E-state index in [2.05, 4.69) is 12.2 Å². The Morgan fingerprint density at radius 3 is 2.33 bits per heavy atom. The van der Waals surface area contributed by atoms with E-state index in [9.17, 15) is 8.42 Å². The van der Waals surface area contributed by atoms with E-state index in [0.29, 0.717) is 23.3 Å². The second-order valence-corrected chi connectivity index (χ2v) is 7.86. The first-order valence-electron chi connectivity index (χ1n) is 7.50. The van der Waals surface area contributed by atoms with Crippen molar-refractivity contribution in [3.8, 4) is 0 Å². The lowest BCUT2D eigenvalue weighted by molar-refractivity contribution is 0.225. The van der Waals surface area contributed by atoms with Gasteiger partial charge in [0.25, 0.3) is 0 Å². The van der Waals surface area contributed by atoms with Crippen LogP contribution in [0.2, 0.25) is 0 Å². The maximum Gasteiger partial charge on any atom is 0.150 e. The first-order chi connectivity index (χ1) is 8.59. The maximum atomic E-state index is 11.8. The summed E-state index contributed by atoms with van der Waals surface area (Å²) in [4.78, 5) is 0. The molecule has 0 amide bonds. The van der Waals surface area contributed by atoms with Crippen LogP contribution in [0.5, 0.6) is 0 Å². The van der Waals surface area contributed by atoms with Crippen LogP contribution in [0.1, 0.15) is 52.4 Å². The molecule has 1 N–H and O–H groups in total.